The highest BCUT2D eigenvalue weighted by Gasteiger charge is 1.98. The summed E-state index contributed by atoms with van der Waals surface area (Å²) >= 11 is 0. The number of rotatable bonds is 4. The van der Waals surface area contributed by atoms with Gasteiger partial charge >= 0.3 is 5.97 Å². The molecule has 0 aliphatic carbocycles. The molecular formula is C18H14O3. The number of hydrogen-bond donors (Lipinski definition) is 1. The predicted octanol–water partition coefficient (Wildman–Crippen LogP) is 2.92. The van der Waals surface area contributed by atoms with Gasteiger partial charge < -0.3 is 5.11 Å². The van der Waals surface area contributed by atoms with Gasteiger partial charge in [-0.1, -0.05) is 36.1 Å². The quantitative estimate of drug-likeness (QED) is 0.691. The topological polar surface area (TPSA) is 54.4 Å². The van der Waals surface area contributed by atoms with Gasteiger partial charge in [0.25, 0.3) is 0 Å². The number of aliphatic carboxylic acids is 1. The van der Waals surface area contributed by atoms with E-state index in [-0.39, 0.29) is 6.42 Å². The molecule has 104 valence electrons. The summed E-state index contributed by atoms with van der Waals surface area (Å²) in [7, 11) is 0. The molecule has 0 aliphatic rings. The molecule has 0 heterocycles. The Morgan fingerprint density at radius 3 is 2.43 bits per heavy atom. The second kappa shape index (κ2) is 7.06. The van der Waals surface area contributed by atoms with Crippen molar-refractivity contribution >= 4 is 12.3 Å². The summed E-state index contributed by atoms with van der Waals surface area (Å²) in [6.07, 6.45) is 1.44. The van der Waals surface area contributed by atoms with Crippen LogP contribution in [0.4, 0.5) is 0 Å². The molecule has 0 aromatic heterocycles. The third-order valence-electron chi connectivity index (χ3n) is 2.96. The standard InChI is InChI=1S/C18H14O3/c19-13-17-3-1-2-16(12-17)9-8-14-4-6-15(7-5-14)10-11-18(20)21/h1-7,12-13H,10-11H2,(H,20,21). The lowest BCUT2D eigenvalue weighted by Crippen LogP contribution is -1.97. The summed E-state index contributed by atoms with van der Waals surface area (Å²) in [6.45, 7) is 0. The van der Waals surface area contributed by atoms with Crippen molar-refractivity contribution in [1.82, 2.24) is 0 Å². The number of carboxylic acid groups (broad SMARTS) is 1. The Hall–Kier alpha value is -2.86. The summed E-state index contributed by atoms with van der Waals surface area (Å²) in [5.41, 5.74) is 3.22. The minimum absolute atomic E-state index is 0.128. The van der Waals surface area contributed by atoms with Crippen molar-refractivity contribution in [3.05, 3.63) is 70.8 Å². The van der Waals surface area contributed by atoms with Crippen LogP contribution >= 0.6 is 0 Å². The molecule has 0 amide bonds. The van der Waals surface area contributed by atoms with Gasteiger partial charge in [0.05, 0.1) is 0 Å². The van der Waals surface area contributed by atoms with E-state index in [2.05, 4.69) is 11.8 Å². The fourth-order valence-corrected chi connectivity index (χ4v) is 1.84. The second-order valence-electron chi connectivity index (χ2n) is 4.58. The normalized spacial score (nSPS) is 9.52. The number of carboxylic acids is 1. The van der Waals surface area contributed by atoms with Crippen molar-refractivity contribution in [3.8, 4) is 11.8 Å². The summed E-state index contributed by atoms with van der Waals surface area (Å²) in [4.78, 5) is 21.2. The van der Waals surface area contributed by atoms with Gasteiger partial charge in [0.15, 0.2) is 0 Å². The zero-order valence-electron chi connectivity index (χ0n) is 11.4. The molecule has 2 aromatic carbocycles. The lowest BCUT2D eigenvalue weighted by Gasteiger charge is -1.98. The predicted molar refractivity (Wildman–Crippen MR) is 80.2 cm³/mol. The van der Waals surface area contributed by atoms with Crippen molar-refractivity contribution in [3.63, 3.8) is 0 Å². The van der Waals surface area contributed by atoms with Crippen LogP contribution < -0.4 is 0 Å². The molecule has 0 radical (unpaired) electrons. The van der Waals surface area contributed by atoms with Crippen LogP contribution in [-0.4, -0.2) is 17.4 Å². The van der Waals surface area contributed by atoms with Gasteiger partial charge in [-0.05, 0) is 36.2 Å². The van der Waals surface area contributed by atoms with Crippen LogP contribution in [0.25, 0.3) is 0 Å². The molecular weight excluding hydrogens is 264 g/mol. The highest BCUT2D eigenvalue weighted by atomic mass is 16.4. The summed E-state index contributed by atoms with van der Waals surface area (Å²) < 4.78 is 0. The number of carbonyl (C=O) groups excluding carboxylic acids is 1. The average Bonchev–Trinajstić information content (AvgIpc) is 2.52. The van der Waals surface area contributed by atoms with Gasteiger partial charge in [-0.2, -0.15) is 0 Å². The first kappa shape index (κ1) is 14.5. The van der Waals surface area contributed by atoms with Crippen molar-refractivity contribution in [2.24, 2.45) is 0 Å². The molecule has 21 heavy (non-hydrogen) atoms. The Kier molecular flexibility index (Phi) is 4.89. The largest absolute Gasteiger partial charge is 0.481 e. The monoisotopic (exact) mass is 278 g/mol. The molecule has 3 heteroatoms. The molecule has 0 saturated heterocycles. The van der Waals surface area contributed by atoms with Gasteiger partial charge in [0.2, 0.25) is 0 Å². The minimum atomic E-state index is -0.797. The zero-order valence-corrected chi connectivity index (χ0v) is 11.4. The van der Waals surface area contributed by atoms with Gasteiger partial charge in [-0.25, -0.2) is 0 Å². The fourth-order valence-electron chi connectivity index (χ4n) is 1.84. The minimum Gasteiger partial charge on any atom is -0.481 e. The lowest BCUT2D eigenvalue weighted by molar-refractivity contribution is -0.136. The summed E-state index contributed by atoms with van der Waals surface area (Å²) in [6, 6.07) is 14.6. The fraction of sp³-hybridized carbons (Fsp3) is 0.111. The van der Waals surface area contributed by atoms with Crippen LogP contribution in [0.3, 0.4) is 0 Å². The third kappa shape index (κ3) is 4.63. The van der Waals surface area contributed by atoms with Crippen molar-refractivity contribution in [1.29, 1.82) is 0 Å². The molecule has 0 unspecified atom stereocenters. The average molecular weight is 278 g/mol. The van der Waals surface area contributed by atoms with Gasteiger partial charge in [-0.3, -0.25) is 9.59 Å². The van der Waals surface area contributed by atoms with Crippen LogP contribution in [0, 0.1) is 11.8 Å². The number of aryl methyl sites for hydroxylation is 1. The number of hydrogen-bond acceptors (Lipinski definition) is 2. The molecule has 2 aromatic rings. The highest BCUT2D eigenvalue weighted by molar-refractivity contribution is 5.75. The zero-order chi connectivity index (χ0) is 15.1. The summed E-state index contributed by atoms with van der Waals surface area (Å²) in [5.74, 6) is 5.23. The van der Waals surface area contributed by atoms with E-state index in [9.17, 15) is 9.59 Å². The number of benzene rings is 2. The van der Waals surface area contributed by atoms with Crippen LogP contribution in [0.1, 0.15) is 33.5 Å². The first-order chi connectivity index (χ1) is 10.2. The van der Waals surface area contributed by atoms with Crippen molar-refractivity contribution < 1.29 is 14.7 Å². The first-order valence-corrected chi connectivity index (χ1v) is 6.55. The van der Waals surface area contributed by atoms with Crippen LogP contribution in [0.2, 0.25) is 0 Å². The molecule has 1 N–H and O–H groups in total. The maximum atomic E-state index is 10.7. The van der Waals surface area contributed by atoms with Crippen LogP contribution in [0.15, 0.2) is 48.5 Å². The van der Waals surface area contributed by atoms with Gasteiger partial charge in [-0.15, -0.1) is 0 Å². The van der Waals surface area contributed by atoms with Gasteiger partial charge in [0, 0.05) is 23.1 Å². The Balaban J connectivity index is 2.08. The van der Waals surface area contributed by atoms with E-state index in [1.807, 2.05) is 30.3 Å². The molecule has 2 rings (SSSR count). The third-order valence-corrected chi connectivity index (χ3v) is 2.96. The Morgan fingerprint density at radius 1 is 1.05 bits per heavy atom. The van der Waals surface area contributed by atoms with E-state index in [4.69, 9.17) is 5.11 Å². The smallest absolute Gasteiger partial charge is 0.303 e. The Morgan fingerprint density at radius 2 is 1.76 bits per heavy atom. The van der Waals surface area contributed by atoms with E-state index in [1.54, 1.807) is 18.2 Å². The highest BCUT2D eigenvalue weighted by Crippen LogP contribution is 2.07. The van der Waals surface area contributed by atoms with Crippen LogP contribution in [-0.2, 0) is 11.2 Å². The molecule has 0 atom stereocenters. The van der Waals surface area contributed by atoms with E-state index >= 15 is 0 Å². The maximum Gasteiger partial charge on any atom is 0.303 e. The molecule has 0 saturated carbocycles. The summed E-state index contributed by atoms with van der Waals surface area (Å²) in [5, 5.41) is 8.64. The molecule has 0 bridgehead atoms. The SMILES string of the molecule is O=Cc1cccc(C#Cc2ccc(CCC(=O)O)cc2)c1. The molecule has 0 fully saturated rings. The van der Waals surface area contributed by atoms with E-state index in [0.717, 1.165) is 23.0 Å². The maximum absolute atomic E-state index is 10.7. The second-order valence-corrected chi connectivity index (χ2v) is 4.58. The number of carbonyl (C=O) groups is 2. The van der Waals surface area contributed by atoms with Crippen molar-refractivity contribution in [2.45, 2.75) is 12.8 Å². The molecule has 0 aliphatic heterocycles. The Labute approximate surface area is 123 Å². The molecule has 0 spiro atoms. The van der Waals surface area contributed by atoms with E-state index in [0.29, 0.717) is 12.0 Å². The van der Waals surface area contributed by atoms with E-state index < -0.39 is 5.97 Å². The van der Waals surface area contributed by atoms with E-state index in [1.165, 1.54) is 0 Å². The molecule has 3 nitrogen and oxygen atoms in total. The van der Waals surface area contributed by atoms with Crippen molar-refractivity contribution in [2.75, 3.05) is 0 Å². The van der Waals surface area contributed by atoms with Crippen LogP contribution in [0.5, 0.6) is 0 Å². The lowest BCUT2D eigenvalue weighted by atomic mass is 10.1. The van der Waals surface area contributed by atoms with Gasteiger partial charge in [0.1, 0.15) is 6.29 Å². The first-order valence-electron chi connectivity index (χ1n) is 6.55. The Bertz CT molecular complexity index is 703. The number of aldehydes is 1.